The molecule has 0 saturated heterocycles. The zero-order valence-corrected chi connectivity index (χ0v) is 16.6. The highest BCUT2D eigenvalue weighted by molar-refractivity contribution is 5.89. The first-order valence-electron chi connectivity index (χ1n) is 9.93. The molecule has 0 bridgehead atoms. The van der Waals surface area contributed by atoms with Gasteiger partial charge >= 0.3 is 5.92 Å². The van der Waals surface area contributed by atoms with Crippen LogP contribution in [0.3, 0.4) is 0 Å². The highest BCUT2D eigenvalue weighted by atomic mass is 19.3. The van der Waals surface area contributed by atoms with Gasteiger partial charge in [0.15, 0.2) is 0 Å². The maximum atomic E-state index is 14.2. The first kappa shape index (κ1) is 18.9. The van der Waals surface area contributed by atoms with E-state index in [2.05, 4.69) is 26.3 Å². The summed E-state index contributed by atoms with van der Waals surface area (Å²) in [7, 11) is 0. The normalized spacial score (nSPS) is 23.1. The Kier molecular flexibility index (Phi) is 3.88. The summed E-state index contributed by atoms with van der Waals surface area (Å²) in [6.45, 7) is 2.80. The first-order valence-corrected chi connectivity index (χ1v) is 9.93. The molecule has 9 heteroatoms. The van der Waals surface area contributed by atoms with Gasteiger partial charge in [-0.2, -0.15) is 14.0 Å². The van der Waals surface area contributed by atoms with E-state index in [0.29, 0.717) is 30.3 Å². The van der Waals surface area contributed by atoms with Crippen molar-refractivity contribution in [2.75, 3.05) is 16.8 Å². The third kappa shape index (κ3) is 3.07. The maximum Gasteiger partial charge on any atom is 0.303 e. The van der Waals surface area contributed by atoms with E-state index in [9.17, 15) is 13.6 Å². The summed E-state index contributed by atoms with van der Waals surface area (Å²) in [6, 6.07) is 5.68. The summed E-state index contributed by atoms with van der Waals surface area (Å²) in [5.74, 6) is -3.49. The number of nitrogens with one attached hydrogen (secondary N) is 1. The van der Waals surface area contributed by atoms with E-state index in [-0.39, 0.29) is 23.2 Å². The molecule has 1 amide bonds. The van der Waals surface area contributed by atoms with Crippen molar-refractivity contribution >= 4 is 23.2 Å². The second-order valence-electron chi connectivity index (χ2n) is 8.58. The zero-order valence-electron chi connectivity index (χ0n) is 16.6. The summed E-state index contributed by atoms with van der Waals surface area (Å²) < 4.78 is 28.3. The van der Waals surface area contributed by atoms with Crippen LogP contribution in [-0.4, -0.2) is 27.4 Å². The molecule has 1 spiro atoms. The number of pyridine rings is 1. The molecule has 7 nitrogen and oxygen atoms in total. The second-order valence-corrected chi connectivity index (χ2v) is 8.58. The minimum Gasteiger partial charge on any atom is -0.325 e. The highest BCUT2D eigenvalue weighted by Crippen LogP contribution is 2.58. The third-order valence-corrected chi connectivity index (χ3v) is 6.10. The lowest BCUT2D eigenvalue weighted by atomic mass is 10.0. The molecule has 5 rings (SSSR count). The SMILES string of the molecule is CC(=O)Nc1cc2c(cn1)C1(CC1)CN2c1cc([C@@H]2C[C@H]2C#N)nc(C(C)(F)F)n1. The van der Waals surface area contributed by atoms with Crippen LogP contribution in [0.25, 0.3) is 0 Å². The predicted molar refractivity (Wildman–Crippen MR) is 105 cm³/mol. The Morgan fingerprint density at radius 1 is 1.37 bits per heavy atom. The van der Waals surface area contributed by atoms with Gasteiger partial charge in [0.1, 0.15) is 11.6 Å². The fraction of sp³-hybridized carbons (Fsp3) is 0.476. The van der Waals surface area contributed by atoms with Crippen LogP contribution < -0.4 is 10.2 Å². The van der Waals surface area contributed by atoms with Gasteiger partial charge < -0.3 is 10.2 Å². The minimum atomic E-state index is -3.19. The van der Waals surface area contributed by atoms with E-state index in [1.165, 1.54) is 6.92 Å². The van der Waals surface area contributed by atoms with E-state index < -0.39 is 11.7 Å². The van der Waals surface area contributed by atoms with Gasteiger partial charge in [0.25, 0.3) is 0 Å². The summed E-state index contributed by atoms with van der Waals surface area (Å²) >= 11 is 0. The quantitative estimate of drug-likeness (QED) is 0.825. The minimum absolute atomic E-state index is 0.0497. The molecule has 0 aromatic carbocycles. The van der Waals surface area contributed by atoms with Gasteiger partial charge in [0.2, 0.25) is 11.7 Å². The van der Waals surface area contributed by atoms with Crippen molar-refractivity contribution in [3.8, 4) is 6.07 Å². The van der Waals surface area contributed by atoms with Crippen molar-refractivity contribution in [1.29, 1.82) is 5.26 Å². The molecule has 0 unspecified atom stereocenters. The van der Waals surface area contributed by atoms with Crippen LogP contribution >= 0.6 is 0 Å². The number of hydrogen-bond donors (Lipinski definition) is 1. The van der Waals surface area contributed by atoms with Crippen LogP contribution in [-0.2, 0) is 16.1 Å². The number of anilines is 3. The van der Waals surface area contributed by atoms with E-state index >= 15 is 0 Å². The van der Waals surface area contributed by atoms with Gasteiger partial charge in [0.05, 0.1) is 23.4 Å². The number of nitriles is 1. The molecule has 2 atom stereocenters. The van der Waals surface area contributed by atoms with Crippen LogP contribution in [0.4, 0.5) is 26.1 Å². The summed E-state index contributed by atoms with van der Waals surface area (Å²) in [4.78, 5) is 26.0. The number of nitrogens with zero attached hydrogens (tertiary/aromatic N) is 5. The molecule has 2 aromatic heterocycles. The Labute approximate surface area is 172 Å². The number of alkyl halides is 2. The maximum absolute atomic E-state index is 14.2. The number of halogens is 2. The van der Waals surface area contributed by atoms with Gasteiger partial charge in [0, 0.05) is 55.6 Å². The summed E-state index contributed by atoms with van der Waals surface area (Å²) in [6.07, 6.45) is 4.37. The number of hydrogen-bond acceptors (Lipinski definition) is 6. The molecule has 1 N–H and O–H groups in total. The van der Waals surface area contributed by atoms with Crippen molar-refractivity contribution in [2.24, 2.45) is 5.92 Å². The molecule has 3 heterocycles. The van der Waals surface area contributed by atoms with Gasteiger partial charge in [-0.05, 0) is 19.3 Å². The lowest BCUT2D eigenvalue weighted by Crippen LogP contribution is -2.23. The molecule has 2 fully saturated rings. The summed E-state index contributed by atoms with van der Waals surface area (Å²) in [5, 5.41) is 11.8. The summed E-state index contributed by atoms with van der Waals surface area (Å²) in [5.41, 5.74) is 2.29. The Balaban J connectivity index is 1.60. The van der Waals surface area contributed by atoms with Gasteiger partial charge in [-0.1, -0.05) is 0 Å². The molecule has 3 aliphatic rings. The number of rotatable bonds is 4. The first-order chi connectivity index (χ1) is 14.2. The fourth-order valence-electron chi connectivity index (χ4n) is 4.22. The predicted octanol–water partition coefficient (Wildman–Crippen LogP) is 3.75. The average molecular weight is 410 g/mol. The number of fused-ring (bicyclic) bond motifs is 2. The molecule has 1 aliphatic heterocycles. The number of carbonyl (C=O) groups excluding carboxylic acids is 1. The van der Waals surface area contributed by atoms with E-state index in [4.69, 9.17) is 5.26 Å². The molecule has 0 radical (unpaired) electrons. The van der Waals surface area contributed by atoms with Gasteiger partial charge in [-0.15, -0.1) is 0 Å². The largest absolute Gasteiger partial charge is 0.325 e. The lowest BCUT2D eigenvalue weighted by Gasteiger charge is -2.22. The Morgan fingerprint density at radius 3 is 2.73 bits per heavy atom. The van der Waals surface area contributed by atoms with Crippen LogP contribution in [0.5, 0.6) is 0 Å². The standard InChI is InChI=1S/C21H20F2N6O/c1-11(30)26-17-7-16-14(9-25-17)21(3-4-21)10-29(16)18-6-15(13-5-12(13)8-24)27-19(28-18)20(2,22)23/h6-7,9,12-13H,3-5,10H2,1-2H3,(H,25,26,30)/t12-,13+/m0/s1. The van der Waals surface area contributed by atoms with Crippen molar-refractivity contribution in [3.63, 3.8) is 0 Å². The highest BCUT2D eigenvalue weighted by Gasteiger charge is 2.53. The van der Waals surface area contributed by atoms with Gasteiger partial charge in [-0.25, -0.2) is 15.0 Å². The Bertz CT molecular complexity index is 1100. The Morgan fingerprint density at radius 2 is 2.13 bits per heavy atom. The average Bonchev–Trinajstić information content (AvgIpc) is 3.58. The van der Waals surface area contributed by atoms with E-state index in [1.54, 1.807) is 18.3 Å². The second kappa shape index (κ2) is 6.17. The number of amides is 1. The number of carbonyl (C=O) groups is 1. The molecule has 2 aliphatic carbocycles. The van der Waals surface area contributed by atoms with E-state index in [0.717, 1.165) is 31.0 Å². The van der Waals surface area contributed by atoms with Crippen LogP contribution in [0.2, 0.25) is 0 Å². The zero-order chi connectivity index (χ0) is 21.3. The fourth-order valence-corrected chi connectivity index (χ4v) is 4.22. The molecule has 2 saturated carbocycles. The molecular formula is C21H20F2N6O. The molecule has 154 valence electrons. The molecule has 30 heavy (non-hydrogen) atoms. The number of aromatic nitrogens is 3. The van der Waals surface area contributed by atoms with Crippen molar-refractivity contribution in [2.45, 2.75) is 50.4 Å². The van der Waals surface area contributed by atoms with Crippen LogP contribution in [0.15, 0.2) is 18.3 Å². The Hall–Kier alpha value is -3.15. The van der Waals surface area contributed by atoms with Crippen molar-refractivity contribution in [1.82, 2.24) is 15.0 Å². The van der Waals surface area contributed by atoms with Crippen LogP contribution in [0.1, 0.15) is 56.1 Å². The van der Waals surface area contributed by atoms with E-state index in [1.807, 2.05) is 4.90 Å². The smallest absolute Gasteiger partial charge is 0.303 e. The molecule has 2 aromatic rings. The monoisotopic (exact) mass is 410 g/mol. The molecular weight excluding hydrogens is 390 g/mol. The third-order valence-electron chi connectivity index (χ3n) is 6.10. The van der Waals surface area contributed by atoms with Crippen molar-refractivity contribution in [3.05, 3.63) is 35.4 Å². The van der Waals surface area contributed by atoms with Crippen molar-refractivity contribution < 1.29 is 13.6 Å². The van der Waals surface area contributed by atoms with Gasteiger partial charge in [-0.3, -0.25) is 4.79 Å². The lowest BCUT2D eigenvalue weighted by molar-refractivity contribution is -0.114. The van der Waals surface area contributed by atoms with Crippen LogP contribution in [0, 0.1) is 17.2 Å². The topological polar surface area (TPSA) is 94.8 Å².